The summed E-state index contributed by atoms with van der Waals surface area (Å²) in [5, 5.41) is 0. The van der Waals surface area contributed by atoms with Gasteiger partial charge in [0.15, 0.2) is 5.82 Å². The summed E-state index contributed by atoms with van der Waals surface area (Å²) in [4.78, 5) is 26.7. The minimum atomic E-state index is -0.0551. The van der Waals surface area contributed by atoms with Gasteiger partial charge in [-0.1, -0.05) is 19.9 Å². The molecule has 0 saturated carbocycles. The van der Waals surface area contributed by atoms with Gasteiger partial charge in [-0.25, -0.2) is 0 Å². The molecule has 0 spiro atoms. The van der Waals surface area contributed by atoms with Crippen LogP contribution in [0.3, 0.4) is 0 Å². The first-order valence-electron chi connectivity index (χ1n) is 13.7. The van der Waals surface area contributed by atoms with E-state index in [1.807, 2.05) is 6.20 Å². The van der Waals surface area contributed by atoms with E-state index in [0.717, 1.165) is 66.3 Å². The van der Waals surface area contributed by atoms with Crippen molar-refractivity contribution in [2.45, 2.75) is 71.4 Å². The van der Waals surface area contributed by atoms with Gasteiger partial charge in [0.05, 0.1) is 0 Å². The summed E-state index contributed by atoms with van der Waals surface area (Å²) in [6, 6.07) is 10.1. The van der Waals surface area contributed by atoms with E-state index in [2.05, 4.69) is 80.6 Å². The van der Waals surface area contributed by atoms with Crippen molar-refractivity contribution >= 4 is 11.9 Å². The SMILES string of the molecule is Cc1cc(-c2[c-]cc3c(c2)C(C)(C)N(C)C3(C)C)ncc1-c1nc(N2CCCC2)nc(N2CCCC2)n1.[Ir]. The fourth-order valence-electron chi connectivity index (χ4n) is 6.24. The number of nitrogens with zero attached hydrogens (tertiary/aromatic N) is 7. The monoisotopic (exact) mass is 689 g/mol. The Labute approximate surface area is 240 Å². The minimum absolute atomic E-state index is 0. The number of aryl methyl sites for hydroxylation is 1. The zero-order chi connectivity index (χ0) is 25.9. The van der Waals surface area contributed by atoms with Crippen LogP contribution < -0.4 is 9.80 Å². The predicted octanol–water partition coefficient (Wildman–Crippen LogP) is 5.32. The summed E-state index contributed by atoms with van der Waals surface area (Å²) in [6.07, 6.45) is 6.70. The molecule has 7 nitrogen and oxygen atoms in total. The Morgan fingerprint density at radius 1 is 0.789 bits per heavy atom. The second-order valence-electron chi connectivity index (χ2n) is 11.9. The summed E-state index contributed by atoms with van der Waals surface area (Å²) in [7, 11) is 2.21. The number of aromatic nitrogens is 4. The van der Waals surface area contributed by atoms with Gasteiger partial charge < -0.3 is 14.8 Å². The number of anilines is 2. The molecule has 0 atom stereocenters. The number of benzene rings is 1. The van der Waals surface area contributed by atoms with Crippen LogP contribution in [0.4, 0.5) is 11.9 Å². The van der Waals surface area contributed by atoms with Gasteiger partial charge in [0.25, 0.3) is 0 Å². The van der Waals surface area contributed by atoms with Crippen LogP contribution in [0, 0.1) is 13.0 Å². The summed E-state index contributed by atoms with van der Waals surface area (Å²) in [6.45, 7) is 15.3. The largest absolute Gasteiger partial charge is 0.341 e. The molecule has 6 rings (SSSR count). The second-order valence-corrected chi connectivity index (χ2v) is 11.9. The molecule has 38 heavy (non-hydrogen) atoms. The van der Waals surface area contributed by atoms with E-state index in [1.54, 1.807) is 0 Å². The molecule has 1 radical (unpaired) electrons. The van der Waals surface area contributed by atoms with E-state index in [-0.39, 0.29) is 31.2 Å². The number of hydrogen-bond donors (Lipinski definition) is 0. The summed E-state index contributed by atoms with van der Waals surface area (Å²) < 4.78 is 0. The Balaban J connectivity index is 0.00000294. The molecule has 0 aliphatic carbocycles. The Hall–Kier alpha value is -2.41. The third kappa shape index (κ3) is 4.44. The molecule has 3 aliphatic heterocycles. The van der Waals surface area contributed by atoms with Gasteiger partial charge >= 0.3 is 0 Å². The van der Waals surface area contributed by atoms with Gasteiger partial charge in [-0.2, -0.15) is 15.0 Å². The first-order valence-corrected chi connectivity index (χ1v) is 13.7. The van der Waals surface area contributed by atoms with E-state index in [0.29, 0.717) is 0 Å². The minimum Gasteiger partial charge on any atom is -0.341 e. The molecule has 3 aromatic rings. The zero-order valence-electron chi connectivity index (χ0n) is 23.4. The number of hydrogen-bond acceptors (Lipinski definition) is 7. The Kier molecular flexibility index (Phi) is 7.12. The van der Waals surface area contributed by atoms with Gasteiger partial charge in [0, 0.05) is 69.1 Å². The maximum atomic E-state index is 4.93. The molecule has 3 aliphatic rings. The third-order valence-electron chi connectivity index (χ3n) is 8.96. The fraction of sp³-hybridized carbons (Fsp3) is 0.533. The van der Waals surface area contributed by atoms with Crippen molar-refractivity contribution in [3.8, 4) is 22.6 Å². The molecule has 0 N–H and O–H groups in total. The number of pyridine rings is 1. The first kappa shape index (κ1) is 27.2. The Morgan fingerprint density at radius 2 is 1.34 bits per heavy atom. The molecule has 203 valence electrons. The summed E-state index contributed by atoms with van der Waals surface area (Å²) in [5.41, 5.74) is 6.64. The van der Waals surface area contributed by atoms with Crippen LogP contribution in [-0.2, 0) is 31.2 Å². The molecule has 2 aromatic heterocycles. The smallest absolute Gasteiger partial charge is 0.230 e. The van der Waals surface area contributed by atoms with Gasteiger partial charge in [-0.05, 0) is 64.8 Å². The predicted molar refractivity (Wildman–Crippen MR) is 149 cm³/mol. The van der Waals surface area contributed by atoms with Gasteiger partial charge in [-0.15, -0.1) is 34.9 Å². The van der Waals surface area contributed by atoms with E-state index in [1.165, 1.54) is 36.8 Å². The van der Waals surface area contributed by atoms with Crippen LogP contribution in [-0.4, -0.2) is 58.1 Å². The summed E-state index contributed by atoms with van der Waals surface area (Å²) >= 11 is 0. The number of fused-ring (bicyclic) bond motifs is 1. The molecular formula is C30H38IrN7-. The van der Waals surface area contributed by atoms with E-state index < -0.39 is 0 Å². The number of rotatable bonds is 4. The van der Waals surface area contributed by atoms with Gasteiger partial charge in [-0.3, -0.25) is 4.90 Å². The molecule has 0 amide bonds. The first-order chi connectivity index (χ1) is 17.7. The van der Waals surface area contributed by atoms with Crippen LogP contribution in [0.25, 0.3) is 22.6 Å². The summed E-state index contributed by atoms with van der Waals surface area (Å²) in [5.74, 6) is 2.32. The normalized spacial score (nSPS) is 20.1. The molecular weight excluding hydrogens is 651 g/mol. The van der Waals surface area contributed by atoms with Crippen molar-refractivity contribution < 1.29 is 20.1 Å². The quantitative estimate of drug-likeness (QED) is 0.344. The Bertz CT molecular complexity index is 1310. The standard InChI is InChI=1S/C30H38N7.Ir/c1-20-17-25(21-11-12-23-24(18-21)30(4,5)35(6)29(23,2)3)31-19-22(20)26-32-27(36-13-7-8-14-36)34-28(33-26)37-15-9-10-16-37;/h12,17-19H,7-10,13-16H2,1-6H3;/q-1;. The van der Waals surface area contributed by atoms with Crippen molar-refractivity contribution in [3.63, 3.8) is 0 Å². The van der Waals surface area contributed by atoms with Gasteiger partial charge in [0.2, 0.25) is 11.9 Å². The molecule has 0 bridgehead atoms. The van der Waals surface area contributed by atoms with Crippen molar-refractivity contribution in [2.24, 2.45) is 0 Å². The molecule has 2 saturated heterocycles. The Morgan fingerprint density at radius 3 is 1.89 bits per heavy atom. The second kappa shape index (κ2) is 9.96. The average Bonchev–Trinajstić information content (AvgIpc) is 3.64. The van der Waals surface area contributed by atoms with Gasteiger partial charge in [0.1, 0.15) is 0 Å². The van der Waals surface area contributed by atoms with Crippen LogP contribution >= 0.6 is 0 Å². The molecule has 5 heterocycles. The third-order valence-corrected chi connectivity index (χ3v) is 8.96. The maximum absolute atomic E-state index is 4.93. The van der Waals surface area contributed by atoms with Crippen LogP contribution in [0.2, 0.25) is 0 Å². The van der Waals surface area contributed by atoms with Crippen molar-refractivity contribution in [1.29, 1.82) is 0 Å². The van der Waals surface area contributed by atoms with Crippen molar-refractivity contribution in [3.05, 3.63) is 47.2 Å². The molecule has 0 unspecified atom stereocenters. The van der Waals surface area contributed by atoms with Crippen LogP contribution in [0.1, 0.15) is 70.1 Å². The topological polar surface area (TPSA) is 61.3 Å². The molecule has 1 aromatic carbocycles. The fourth-order valence-corrected chi connectivity index (χ4v) is 6.24. The van der Waals surface area contributed by atoms with Crippen LogP contribution in [0.5, 0.6) is 0 Å². The van der Waals surface area contributed by atoms with E-state index in [9.17, 15) is 0 Å². The zero-order valence-corrected chi connectivity index (χ0v) is 25.8. The van der Waals surface area contributed by atoms with E-state index >= 15 is 0 Å². The van der Waals surface area contributed by atoms with Crippen molar-refractivity contribution in [1.82, 2.24) is 24.8 Å². The van der Waals surface area contributed by atoms with E-state index in [4.69, 9.17) is 19.9 Å². The molecule has 8 heteroatoms. The molecule has 2 fully saturated rings. The average molecular weight is 689 g/mol. The maximum Gasteiger partial charge on any atom is 0.230 e. The van der Waals surface area contributed by atoms with Crippen LogP contribution in [0.15, 0.2) is 24.4 Å². The van der Waals surface area contributed by atoms with Crippen molar-refractivity contribution in [2.75, 3.05) is 43.0 Å².